The molecule has 0 heterocycles. The fraction of sp³-hybridized carbons (Fsp3) is 0.875. The first-order valence-electron chi connectivity index (χ1n) is 8.02. The number of unbranched alkanes of at least 4 members (excludes halogenated alkanes) is 6. The van der Waals surface area contributed by atoms with Crippen LogP contribution in [0.25, 0.3) is 0 Å². The summed E-state index contributed by atoms with van der Waals surface area (Å²) in [5, 5.41) is 0. The van der Waals surface area contributed by atoms with E-state index < -0.39 is 8.32 Å². The van der Waals surface area contributed by atoms with Gasteiger partial charge in [0.1, 0.15) is 0 Å². The normalized spacial score (nSPS) is 11.7. The van der Waals surface area contributed by atoms with Crippen molar-refractivity contribution >= 4 is 8.32 Å². The zero-order chi connectivity index (χ0) is 13.7. The van der Waals surface area contributed by atoms with E-state index in [-0.39, 0.29) is 0 Å². The molecular weight excluding hydrogens is 236 g/mol. The summed E-state index contributed by atoms with van der Waals surface area (Å²) < 4.78 is 6.16. The zero-order valence-corrected chi connectivity index (χ0v) is 14.0. The van der Waals surface area contributed by atoms with Crippen LogP contribution >= 0.6 is 0 Å². The lowest BCUT2D eigenvalue weighted by Crippen LogP contribution is -2.36. The Balaban J connectivity index is 4.09. The molecule has 0 saturated heterocycles. The van der Waals surface area contributed by atoms with Crippen molar-refractivity contribution in [2.24, 2.45) is 0 Å². The summed E-state index contributed by atoms with van der Waals surface area (Å²) in [6.07, 6.45) is 10.7. The van der Waals surface area contributed by atoms with Crippen LogP contribution in [0, 0.1) is 0 Å². The van der Waals surface area contributed by atoms with Gasteiger partial charge in [-0.1, -0.05) is 70.9 Å². The van der Waals surface area contributed by atoms with Crippen LogP contribution in [0.3, 0.4) is 0 Å². The number of rotatable bonds is 13. The quantitative estimate of drug-likeness (QED) is 0.301. The second-order valence-corrected chi connectivity index (χ2v) is 9.15. The van der Waals surface area contributed by atoms with Crippen molar-refractivity contribution in [1.29, 1.82) is 0 Å². The minimum Gasteiger partial charge on any atom is -0.413 e. The Morgan fingerprint density at radius 3 is 1.67 bits per heavy atom. The van der Waals surface area contributed by atoms with Crippen LogP contribution in [0.5, 0.6) is 0 Å². The van der Waals surface area contributed by atoms with E-state index in [9.17, 15) is 0 Å². The maximum absolute atomic E-state index is 6.16. The van der Waals surface area contributed by atoms with Crippen molar-refractivity contribution < 1.29 is 4.43 Å². The van der Waals surface area contributed by atoms with Gasteiger partial charge >= 0.3 is 0 Å². The van der Waals surface area contributed by atoms with Crippen molar-refractivity contribution in [3.05, 3.63) is 12.3 Å². The van der Waals surface area contributed by atoms with E-state index in [0.29, 0.717) is 0 Å². The average molecular weight is 271 g/mol. The van der Waals surface area contributed by atoms with Gasteiger partial charge in [0.25, 0.3) is 0 Å². The molecule has 0 aromatic carbocycles. The maximum Gasteiger partial charge on any atom is 0.216 e. The highest BCUT2D eigenvalue weighted by Gasteiger charge is 2.29. The number of hydrogen-bond acceptors (Lipinski definition) is 1. The maximum atomic E-state index is 6.16. The molecule has 0 aliphatic carbocycles. The van der Waals surface area contributed by atoms with Crippen molar-refractivity contribution in [2.45, 2.75) is 84.2 Å². The molecule has 0 aliphatic rings. The average Bonchev–Trinajstić information content (AvgIpc) is 2.39. The molecule has 0 fully saturated rings. The van der Waals surface area contributed by atoms with Gasteiger partial charge in [-0.05, 0) is 19.0 Å². The Hall–Kier alpha value is -0.0831. The minimum atomic E-state index is -1.61. The SMILES string of the molecule is C=C[Si](CCCCCC)(CCCCCC)OCC. The Kier molecular flexibility index (Phi) is 11.9. The Morgan fingerprint density at radius 1 is 0.833 bits per heavy atom. The van der Waals surface area contributed by atoms with Crippen molar-refractivity contribution in [1.82, 2.24) is 0 Å². The van der Waals surface area contributed by atoms with E-state index in [2.05, 4.69) is 33.0 Å². The molecule has 18 heavy (non-hydrogen) atoms. The van der Waals surface area contributed by atoms with Gasteiger partial charge in [0, 0.05) is 6.61 Å². The van der Waals surface area contributed by atoms with Gasteiger partial charge in [0.2, 0.25) is 8.32 Å². The smallest absolute Gasteiger partial charge is 0.216 e. The molecule has 0 rings (SSSR count). The monoisotopic (exact) mass is 270 g/mol. The molecular formula is C16H34OSi. The zero-order valence-electron chi connectivity index (χ0n) is 13.0. The summed E-state index contributed by atoms with van der Waals surface area (Å²) in [6.45, 7) is 11.6. The lowest BCUT2D eigenvalue weighted by atomic mass is 10.2. The lowest BCUT2D eigenvalue weighted by Gasteiger charge is -2.28. The first kappa shape index (κ1) is 17.9. The summed E-state index contributed by atoms with van der Waals surface area (Å²) >= 11 is 0. The summed E-state index contributed by atoms with van der Waals surface area (Å²) in [4.78, 5) is 0. The Bertz CT molecular complexity index is 180. The third-order valence-electron chi connectivity index (χ3n) is 3.71. The Labute approximate surface area is 116 Å². The molecule has 0 atom stereocenters. The fourth-order valence-electron chi connectivity index (χ4n) is 2.52. The van der Waals surface area contributed by atoms with E-state index in [0.717, 1.165) is 6.61 Å². The highest BCUT2D eigenvalue weighted by Crippen LogP contribution is 2.25. The molecule has 0 bridgehead atoms. The van der Waals surface area contributed by atoms with Crippen molar-refractivity contribution in [3.8, 4) is 0 Å². The van der Waals surface area contributed by atoms with Crippen molar-refractivity contribution in [2.75, 3.05) is 6.61 Å². The van der Waals surface area contributed by atoms with Crippen LogP contribution < -0.4 is 0 Å². The van der Waals surface area contributed by atoms with Gasteiger partial charge in [-0.25, -0.2) is 0 Å². The van der Waals surface area contributed by atoms with Gasteiger partial charge in [-0.2, -0.15) is 0 Å². The second kappa shape index (κ2) is 12.0. The molecule has 0 N–H and O–H groups in total. The Morgan fingerprint density at radius 2 is 1.33 bits per heavy atom. The molecule has 108 valence electrons. The van der Waals surface area contributed by atoms with Crippen LogP contribution in [-0.4, -0.2) is 14.9 Å². The fourth-order valence-corrected chi connectivity index (χ4v) is 5.86. The third-order valence-corrected chi connectivity index (χ3v) is 7.72. The van der Waals surface area contributed by atoms with Crippen molar-refractivity contribution in [3.63, 3.8) is 0 Å². The second-order valence-electron chi connectivity index (χ2n) is 5.32. The van der Waals surface area contributed by atoms with Gasteiger partial charge < -0.3 is 4.43 Å². The van der Waals surface area contributed by atoms with Gasteiger partial charge in [0.05, 0.1) is 0 Å². The van der Waals surface area contributed by atoms with Gasteiger partial charge in [-0.3, -0.25) is 0 Å². The predicted octanol–water partition coefficient (Wildman–Crippen LogP) is 5.85. The van der Waals surface area contributed by atoms with Crippen LogP contribution in [0.4, 0.5) is 0 Å². The first-order chi connectivity index (χ1) is 8.74. The van der Waals surface area contributed by atoms with Gasteiger partial charge in [-0.15, -0.1) is 6.58 Å². The summed E-state index contributed by atoms with van der Waals surface area (Å²) in [6, 6.07) is 2.58. The van der Waals surface area contributed by atoms with E-state index in [1.807, 2.05) is 0 Å². The number of hydrogen-bond donors (Lipinski definition) is 0. The topological polar surface area (TPSA) is 9.23 Å². The highest BCUT2D eigenvalue weighted by molar-refractivity contribution is 6.78. The molecule has 0 aliphatic heterocycles. The summed E-state index contributed by atoms with van der Waals surface area (Å²) in [7, 11) is -1.61. The predicted molar refractivity (Wildman–Crippen MR) is 85.5 cm³/mol. The molecule has 0 aromatic rings. The van der Waals surface area contributed by atoms with Gasteiger partial charge in [0.15, 0.2) is 0 Å². The molecule has 2 heteroatoms. The lowest BCUT2D eigenvalue weighted by molar-refractivity contribution is 0.324. The van der Waals surface area contributed by atoms with Crippen LogP contribution in [0.15, 0.2) is 12.3 Å². The largest absolute Gasteiger partial charge is 0.413 e. The molecule has 1 nitrogen and oxygen atoms in total. The first-order valence-corrected chi connectivity index (χ1v) is 10.4. The van der Waals surface area contributed by atoms with E-state index >= 15 is 0 Å². The molecule has 0 amide bonds. The molecule has 0 saturated carbocycles. The molecule has 0 unspecified atom stereocenters. The standard InChI is InChI=1S/C16H34OSi/c1-5-9-11-13-15-18(8-4,17-7-3)16-14-12-10-6-2/h8H,4-7,9-16H2,1-3H3. The van der Waals surface area contributed by atoms with E-state index in [1.54, 1.807) is 0 Å². The summed E-state index contributed by atoms with van der Waals surface area (Å²) in [5.41, 5.74) is 2.20. The summed E-state index contributed by atoms with van der Waals surface area (Å²) in [5.74, 6) is 0. The van der Waals surface area contributed by atoms with E-state index in [1.165, 1.54) is 63.5 Å². The van der Waals surface area contributed by atoms with E-state index in [4.69, 9.17) is 4.43 Å². The third kappa shape index (κ3) is 8.10. The highest BCUT2D eigenvalue weighted by atomic mass is 28.4. The molecule has 0 radical (unpaired) electrons. The molecule has 0 aromatic heterocycles. The van der Waals surface area contributed by atoms with Crippen LogP contribution in [0.1, 0.15) is 72.1 Å². The van der Waals surface area contributed by atoms with Crippen LogP contribution in [-0.2, 0) is 4.43 Å². The van der Waals surface area contributed by atoms with Crippen LogP contribution in [0.2, 0.25) is 12.1 Å². The molecule has 0 spiro atoms. The minimum absolute atomic E-state index is 0.861.